The molecule has 0 unspecified atom stereocenters. The summed E-state index contributed by atoms with van der Waals surface area (Å²) >= 11 is 0. The van der Waals surface area contributed by atoms with Gasteiger partial charge in [-0.2, -0.15) is 18.3 Å². The van der Waals surface area contributed by atoms with Crippen LogP contribution in [-0.2, 0) is 0 Å². The van der Waals surface area contributed by atoms with E-state index in [-0.39, 0.29) is 17.5 Å². The minimum absolute atomic E-state index is 0.00613. The van der Waals surface area contributed by atoms with Crippen LogP contribution in [0.1, 0.15) is 50.9 Å². The molecule has 0 aliphatic carbocycles. The van der Waals surface area contributed by atoms with Crippen LogP contribution < -0.4 is 5.32 Å². The van der Waals surface area contributed by atoms with E-state index in [9.17, 15) is 22.8 Å². The molecule has 2 amide bonds. The molecular weight excluding hydrogens is 373 g/mol. The molecule has 2 heterocycles. The van der Waals surface area contributed by atoms with Crippen molar-refractivity contribution >= 4 is 11.8 Å². The molecule has 0 saturated carbocycles. The zero-order valence-corrected chi connectivity index (χ0v) is 15.3. The Morgan fingerprint density at radius 1 is 1.25 bits per heavy atom. The Bertz CT molecular complexity index is 855. The normalized spacial score (nSPS) is 15.5. The standard InChI is InChI=1S/C19H21F3N4O2/c1-12-4-2-3-5-14(12)18(28)26-8-6-13(7-9-26)15-10-16(25-24-15)17(27)23-11-19(20,21)22/h2-5,10,13H,6-9,11H2,1H3,(H,23,27)(H,24,25). The van der Waals surface area contributed by atoms with Crippen molar-refractivity contribution in [3.05, 3.63) is 52.8 Å². The van der Waals surface area contributed by atoms with Gasteiger partial charge in [0.15, 0.2) is 0 Å². The minimum atomic E-state index is -4.47. The topological polar surface area (TPSA) is 78.1 Å². The van der Waals surface area contributed by atoms with Crippen LogP contribution in [0.15, 0.2) is 30.3 Å². The van der Waals surface area contributed by atoms with Crippen molar-refractivity contribution in [2.75, 3.05) is 19.6 Å². The average Bonchev–Trinajstić information content (AvgIpc) is 3.16. The number of halogens is 3. The number of rotatable bonds is 4. The molecule has 0 spiro atoms. The molecule has 9 heteroatoms. The molecule has 1 fully saturated rings. The molecule has 2 aromatic rings. The maximum Gasteiger partial charge on any atom is 0.405 e. The van der Waals surface area contributed by atoms with E-state index in [0.29, 0.717) is 37.2 Å². The largest absolute Gasteiger partial charge is 0.405 e. The zero-order chi connectivity index (χ0) is 20.3. The van der Waals surface area contributed by atoms with Gasteiger partial charge in [0.2, 0.25) is 0 Å². The van der Waals surface area contributed by atoms with Crippen LogP contribution in [0.3, 0.4) is 0 Å². The summed E-state index contributed by atoms with van der Waals surface area (Å²) in [6, 6.07) is 8.91. The predicted octanol–water partition coefficient (Wildman–Crippen LogP) is 3.03. The van der Waals surface area contributed by atoms with Crippen LogP contribution in [0.5, 0.6) is 0 Å². The third-order valence-electron chi connectivity index (χ3n) is 4.88. The quantitative estimate of drug-likeness (QED) is 0.837. The maximum atomic E-state index is 12.7. The zero-order valence-electron chi connectivity index (χ0n) is 15.3. The highest BCUT2D eigenvalue weighted by Crippen LogP contribution is 2.28. The number of carbonyl (C=O) groups is 2. The van der Waals surface area contributed by atoms with Crippen LogP contribution in [0.4, 0.5) is 13.2 Å². The monoisotopic (exact) mass is 394 g/mol. The smallest absolute Gasteiger partial charge is 0.342 e. The molecular formula is C19H21F3N4O2. The van der Waals surface area contributed by atoms with Crippen molar-refractivity contribution in [2.24, 2.45) is 0 Å². The molecule has 1 aromatic heterocycles. The molecule has 0 radical (unpaired) electrons. The molecule has 2 N–H and O–H groups in total. The summed E-state index contributed by atoms with van der Waals surface area (Å²) in [5.41, 5.74) is 2.24. The van der Waals surface area contributed by atoms with Gasteiger partial charge < -0.3 is 10.2 Å². The molecule has 1 aliphatic rings. The van der Waals surface area contributed by atoms with Gasteiger partial charge in [-0.3, -0.25) is 14.7 Å². The number of benzene rings is 1. The summed E-state index contributed by atoms with van der Waals surface area (Å²) in [7, 11) is 0. The molecule has 1 aromatic carbocycles. The fourth-order valence-electron chi connectivity index (χ4n) is 3.31. The van der Waals surface area contributed by atoms with Crippen molar-refractivity contribution in [3.63, 3.8) is 0 Å². The van der Waals surface area contributed by atoms with Crippen LogP contribution in [0, 0.1) is 6.92 Å². The number of aromatic amines is 1. The van der Waals surface area contributed by atoms with Crippen molar-refractivity contribution in [3.8, 4) is 0 Å². The Kier molecular flexibility index (Phi) is 5.71. The van der Waals surface area contributed by atoms with E-state index in [1.807, 2.05) is 31.2 Å². The number of nitrogens with zero attached hydrogens (tertiary/aromatic N) is 2. The fraction of sp³-hybridized carbons (Fsp3) is 0.421. The molecule has 28 heavy (non-hydrogen) atoms. The Balaban J connectivity index is 1.57. The number of hydrogen-bond donors (Lipinski definition) is 2. The van der Waals surface area contributed by atoms with Gasteiger partial charge in [0.1, 0.15) is 12.2 Å². The van der Waals surface area contributed by atoms with Crippen LogP contribution >= 0.6 is 0 Å². The van der Waals surface area contributed by atoms with Crippen LogP contribution in [-0.4, -0.2) is 52.7 Å². The molecule has 1 saturated heterocycles. The van der Waals surface area contributed by atoms with Gasteiger partial charge in [0.25, 0.3) is 11.8 Å². The highest BCUT2D eigenvalue weighted by Gasteiger charge is 2.29. The number of aryl methyl sites for hydroxylation is 1. The first-order valence-corrected chi connectivity index (χ1v) is 9.00. The lowest BCUT2D eigenvalue weighted by Gasteiger charge is -2.31. The number of H-pyrrole nitrogens is 1. The number of aromatic nitrogens is 2. The Labute approximate surface area is 160 Å². The summed E-state index contributed by atoms with van der Waals surface area (Å²) in [6.07, 6.45) is -3.10. The van der Waals surface area contributed by atoms with Crippen LogP contribution in [0.2, 0.25) is 0 Å². The van der Waals surface area contributed by atoms with Gasteiger partial charge >= 0.3 is 6.18 Å². The second-order valence-corrected chi connectivity index (χ2v) is 6.89. The number of piperidine rings is 1. The lowest BCUT2D eigenvalue weighted by Crippen LogP contribution is -2.38. The maximum absolute atomic E-state index is 12.7. The number of alkyl halides is 3. The summed E-state index contributed by atoms with van der Waals surface area (Å²) in [4.78, 5) is 26.2. The van der Waals surface area contributed by atoms with Gasteiger partial charge in [-0.15, -0.1) is 0 Å². The van der Waals surface area contributed by atoms with Crippen LogP contribution in [0.25, 0.3) is 0 Å². The first-order chi connectivity index (χ1) is 13.2. The highest BCUT2D eigenvalue weighted by atomic mass is 19.4. The van der Waals surface area contributed by atoms with E-state index in [4.69, 9.17) is 0 Å². The van der Waals surface area contributed by atoms with Crippen molar-refractivity contribution in [2.45, 2.75) is 31.9 Å². The second kappa shape index (κ2) is 8.04. The van der Waals surface area contributed by atoms with Crippen molar-refractivity contribution in [1.29, 1.82) is 0 Å². The highest BCUT2D eigenvalue weighted by molar-refractivity contribution is 5.95. The van der Waals surface area contributed by atoms with E-state index >= 15 is 0 Å². The van der Waals surface area contributed by atoms with Crippen molar-refractivity contribution < 1.29 is 22.8 Å². The fourth-order valence-corrected chi connectivity index (χ4v) is 3.31. The average molecular weight is 394 g/mol. The number of carbonyl (C=O) groups excluding carboxylic acids is 2. The predicted molar refractivity (Wildman–Crippen MR) is 96.0 cm³/mol. The van der Waals surface area contributed by atoms with Crippen molar-refractivity contribution in [1.82, 2.24) is 20.4 Å². The lowest BCUT2D eigenvalue weighted by atomic mass is 9.93. The Morgan fingerprint density at radius 3 is 2.57 bits per heavy atom. The second-order valence-electron chi connectivity index (χ2n) is 6.89. The molecule has 0 atom stereocenters. The molecule has 150 valence electrons. The third kappa shape index (κ3) is 4.71. The molecule has 3 rings (SSSR count). The molecule has 1 aliphatic heterocycles. The van der Waals surface area contributed by atoms with Gasteiger partial charge in [0, 0.05) is 30.3 Å². The lowest BCUT2D eigenvalue weighted by molar-refractivity contribution is -0.123. The van der Waals surface area contributed by atoms with E-state index in [0.717, 1.165) is 5.56 Å². The first-order valence-electron chi connectivity index (χ1n) is 9.00. The minimum Gasteiger partial charge on any atom is -0.342 e. The van der Waals surface area contributed by atoms with Gasteiger partial charge in [-0.25, -0.2) is 0 Å². The number of nitrogens with one attached hydrogen (secondary N) is 2. The summed E-state index contributed by atoms with van der Waals surface area (Å²) in [5, 5.41) is 8.36. The van der Waals surface area contributed by atoms with E-state index in [1.54, 1.807) is 10.2 Å². The Morgan fingerprint density at radius 2 is 1.93 bits per heavy atom. The van der Waals surface area contributed by atoms with E-state index < -0.39 is 18.6 Å². The van der Waals surface area contributed by atoms with Gasteiger partial charge in [0.05, 0.1) is 0 Å². The number of amides is 2. The van der Waals surface area contributed by atoms with Gasteiger partial charge in [-0.05, 0) is 37.5 Å². The van der Waals surface area contributed by atoms with E-state index in [1.165, 1.54) is 6.07 Å². The summed E-state index contributed by atoms with van der Waals surface area (Å²) in [5.74, 6) is -0.807. The SMILES string of the molecule is Cc1ccccc1C(=O)N1CCC(c2cc(C(=O)NCC(F)(F)F)n[nH]2)CC1. The summed E-state index contributed by atoms with van der Waals surface area (Å²) < 4.78 is 36.6. The number of hydrogen-bond acceptors (Lipinski definition) is 3. The Hall–Kier alpha value is -2.84. The molecule has 6 nitrogen and oxygen atoms in total. The molecule has 0 bridgehead atoms. The van der Waals surface area contributed by atoms with E-state index in [2.05, 4.69) is 10.2 Å². The first kappa shape index (κ1) is 19.9. The number of likely N-dealkylation sites (tertiary alicyclic amines) is 1. The third-order valence-corrected chi connectivity index (χ3v) is 4.88. The van der Waals surface area contributed by atoms with Gasteiger partial charge in [-0.1, -0.05) is 18.2 Å². The summed E-state index contributed by atoms with van der Waals surface area (Å²) in [6.45, 7) is 1.63.